The number of hydrogen-bond donors (Lipinski definition) is 1. The maximum absolute atomic E-state index is 11.5. The molecule has 1 aromatic carbocycles. The minimum atomic E-state index is -3.11. The van der Waals surface area contributed by atoms with E-state index in [9.17, 15) is 8.42 Å². The molecular weight excluding hydrogens is 282 g/mol. The molecule has 1 atom stereocenters. The average molecular weight is 309 g/mol. The lowest BCUT2D eigenvalue weighted by Crippen LogP contribution is -2.23. The van der Waals surface area contributed by atoms with E-state index in [1.165, 1.54) is 6.26 Å². The summed E-state index contributed by atoms with van der Waals surface area (Å²) in [6.07, 6.45) is 1.24. The molecule has 118 valence electrons. The first-order valence-electron chi connectivity index (χ1n) is 7.51. The lowest BCUT2D eigenvalue weighted by atomic mass is 10.0. The van der Waals surface area contributed by atoms with E-state index in [1.54, 1.807) is 12.1 Å². The van der Waals surface area contributed by atoms with Gasteiger partial charge in [-0.2, -0.15) is 0 Å². The predicted octanol–water partition coefficient (Wildman–Crippen LogP) is 3.42. The molecule has 0 spiro atoms. The van der Waals surface area contributed by atoms with Crippen LogP contribution in [0.3, 0.4) is 0 Å². The van der Waals surface area contributed by atoms with E-state index in [4.69, 9.17) is 0 Å². The van der Waals surface area contributed by atoms with Crippen LogP contribution in [0.2, 0.25) is 0 Å². The summed E-state index contributed by atoms with van der Waals surface area (Å²) in [6.45, 7) is 12.4. The molecule has 1 aliphatic carbocycles. The lowest BCUT2D eigenvalue weighted by Gasteiger charge is -2.15. The fourth-order valence-electron chi connectivity index (χ4n) is 3.26. The van der Waals surface area contributed by atoms with Crippen LogP contribution in [0.5, 0.6) is 0 Å². The predicted molar refractivity (Wildman–Crippen MR) is 87.0 cm³/mol. The third-order valence-electron chi connectivity index (χ3n) is 5.76. The summed E-state index contributed by atoms with van der Waals surface area (Å²) >= 11 is 0. The second-order valence-corrected chi connectivity index (χ2v) is 9.48. The van der Waals surface area contributed by atoms with Gasteiger partial charge in [-0.1, -0.05) is 39.8 Å². The van der Waals surface area contributed by atoms with Gasteiger partial charge in [0.2, 0.25) is 0 Å². The molecule has 0 aromatic heterocycles. The Kier molecular flexibility index (Phi) is 4.00. The van der Waals surface area contributed by atoms with Gasteiger partial charge >= 0.3 is 0 Å². The summed E-state index contributed by atoms with van der Waals surface area (Å²) in [6, 6.07) is 7.40. The zero-order valence-corrected chi connectivity index (χ0v) is 14.7. The van der Waals surface area contributed by atoms with Crippen LogP contribution in [0.4, 0.5) is 0 Å². The number of sulfone groups is 1. The first kappa shape index (κ1) is 16.5. The van der Waals surface area contributed by atoms with Gasteiger partial charge in [-0.15, -0.1) is 0 Å². The Bertz CT molecular complexity index is 601. The first-order chi connectivity index (χ1) is 9.48. The van der Waals surface area contributed by atoms with Crippen molar-refractivity contribution >= 4 is 9.84 Å². The van der Waals surface area contributed by atoms with Crippen LogP contribution in [-0.2, 0) is 9.84 Å². The van der Waals surface area contributed by atoms with Gasteiger partial charge in [0.05, 0.1) is 4.90 Å². The van der Waals surface area contributed by atoms with Gasteiger partial charge in [-0.3, -0.25) is 0 Å². The first-order valence-corrected chi connectivity index (χ1v) is 9.40. The van der Waals surface area contributed by atoms with Crippen molar-refractivity contribution in [2.24, 2.45) is 16.7 Å². The van der Waals surface area contributed by atoms with Crippen molar-refractivity contribution in [3.63, 3.8) is 0 Å². The van der Waals surface area contributed by atoms with Gasteiger partial charge in [0, 0.05) is 12.3 Å². The molecule has 3 nitrogen and oxygen atoms in total. The molecule has 0 amide bonds. The molecule has 1 saturated carbocycles. The topological polar surface area (TPSA) is 46.2 Å². The number of hydrogen-bond acceptors (Lipinski definition) is 3. The molecule has 1 N–H and O–H groups in total. The molecule has 4 heteroatoms. The summed E-state index contributed by atoms with van der Waals surface area (Å²) in [7, 11) is -3.11. The molecular formula is C17H27NO2S. The highest BCUT2D eigenvalue weighted by Gasteiger charge is 2.63. The van der Waals surface area contributed by atoms with Crippen LogP contribution in [0.25, 0.3) is 0 Å². The molecule has 0 heterocycles. The molecule has 1 fully saturated rings. The molecule has 1 aliphatic rings. The number of rotatable bonds is 5. The van der Waals surface area contributed by atoms with Crippen LogP contribution < -0.4 is 5.32 Å². The molecule has 0 bridgehead atoms. The molecule has 0 radical (unpaired) electrons. The minimum Gasteiger partial charge on any atom is -0.310 e. The second-order valence-electron chi connectivity index (χ2n) is 7.47. The Balaban J connectivity index is 1.97. The van der Waals surface area contributed by atoms with E-state index in [1.807, 2.05) is 12.1 Å². The van der Waals surface area contributed by atoms with E-state index in [-0.39, 0.29) is 6.04 Å². The van der Waals surface area contributed by atoms with Gasteiger partial charge in [0.25, 0.3) is 0 Å². The third-order valence-corrected chi connectivity index (χ3v) is 6.88. The van der Waals surface area contributed by atoms with Crippen molar-refractivity contribution in [3.8, 4) is 0 Å². The van der Waals surface area contributed by atoms with Crippen molar-refractivity contribution in [3.05, 3.63) is 29.8 Å². The lowest BCUT2D eigenvalue weighted by molar-refractivity contribution is 0.457. The van der Waals surface area contributed by atoms with E-state index in [0.29, 0.717) is 21.6 Å². The summed E-state index contributed by atoms with van der Waals surface area (Å²) < 4.78 is 22.9. The normalized spacial score (nSPS) is 22.0. The molecule has 2 rings (SSSR count). The summed E-state index contributed by atoms with van der Waals surface area (Å²) in [5.41, 5.74) is 1.90. The minimum absolute atomic E-state index is 0.228. The van der Waals surface area contributed by atoms with Crippen LogP contribution in [0.1, 0.15) is 46.2 Å². The van der Waals surface area contributed by atoms with Crippen molar-refractivity contribution in [1.29, 1.82) is 0 Å². The zero-order chi connectivity index (χ0) is 16.1. The summed E-state index contributed by atoms with van der Waals surface area (Å²) in [5.74, 6) is 0.683. The van der Waals surface area contributed by atoms with Crippen LogP contribution >= 0.6 is 0 Å². The van der Waals surface area contributed by atoms with Gasteiger partial charge < -0.3 is 5.32 Å². The quantitative estimate of drug-likeness (QED) is 0.906. The van der Waals surface area contributed by atoms with Crippen LogP contribution in [-0.4, -0.2) is 21.2 Å². The summed E-state index contributed by atoms with van der Waals surface area (Å²) in [4.78, 5) is 0.378. The Morgan fingerprint density at radius 1 is 1.10 bits per heavy atom. The Hall–Kier alpha value is -0.870. The maximum Gasteiger partial charge on any atom is 0.175 e. The summed E-state index contributed by atoms with van der Waals surface area (Å²) in [5, 5.41) is 3.58. The smallest absolute Gasteiger partial charge is 0.175 e. The molecule has 0 aliphatic heterocycles. The third kappa shape index (κ3) is 3.02. The standard InChI is InChI=1S/C17H27NO2S/c1-12(18-11-15-16(2,3)17(15,4)5)13-7-9-14(10-8-13)21(6,19)20/h7-10,12,15,18H,11H2,1-6H3. The monoisotopic (exact) mass is 309 g/mol. The highest BCUT2D eigenvalue weighted by atomic mass is 32.2. The van der Waals surface area contributed by atoms with E-state index >= 15 is 0 Å². The highest BCUT2D eigenvalue weighted by Crippen LogP contribution is 2.68. The molecule has 21 heavy (non-hydrogen) atoms. The van der Waals surface area contributed by atoms with Gasteiger partial charge in [0.1, 0.15) is 0 Å². The van der Waals surface area contributed by atoms with Crippen LogP contribution in [0, 0.1) is 16.7 Å². The van der Waals surface area contributed by atoms with E-state index < -0.39 is 9.84 Å². The fourth-order valence-corrected chi connectivity index (χ4v) is 3.89. The van der Waals surface area contributed by atoms with Gasteiger partial charge in [0.15, 0.2) is 9.84 Å². The van der Waals surface area contributed by atoms with Crippen LogP contribution in [0.15, 0.2) is 29.2 Å². The van der Waals surface area contributed by atoms with Gasteiger partial charge in [-0.25, -0.2) is 8.42 Å². The Labute approximate surface area is 129 Å². The Morgan fingerprint density at radius 2 is 1.57 bits per heavy atom. The molecule has 1 aromatic rings. The zero-order valence-electron chi connectivity index (χ0n) is 13.9. The maximum atomic E-state index is 11.5. The highest BCUT2D eigenvalue weighted by molar-refractivity contribution is 7.90. The molecule has 1 unspecified atom stereocenters. The number of nitrogens with one attached hydrogen (secondary N) is 1. The van der Waals surface area contributed by atoms with E-state index in [0.717, 1.165) is 12.1 Å². The van der Waals surface area contributed by atoms with Crippen molar-refractivity contribution in [2.45, 2.75) is 45.6 Å². The molecule has 0 saturated heterocycles. The van der Waals surface area contributed by atoms with Crippen molar-refractivity contribution < 1.29 is 8.42 Å². The van der Waals surface area contributed by atoms with E-state index in [2.05, 4.69) is 39.9 Å². The Morgan fingerprint density at radius 3 is 1.95 bits per heavy atom. The van der Waals surface area contributed by atoms with Crippen molar-refractivity contribution in [2.75, 3.05) is 12.8 Å². The van der Waals surface area contributed by atoms with Gasteiger partial charge in [-0.05, 0) is 47.9 Å². The second kappa shape index (κ2) is 5.10. The largest absolute Gasteiger partial charge is 0.310 e. The average Bonchev–Trinajstić information content (AvgIpc) is 2.76. The number of benzene rings is 1. The SMILES string of the molecule is CC(NCC1C(C)(C)C1(C)C)c1ccc(S(C)(=O)=O)cc1. The van der Waals surface area contributed by atoms with Crippen molar-refractivity contribution in [1.82, 2.24) is 5.32 Å². The fraction of sp³-hybridized carbons (Fsp3) is 0.647.